The van der Waals surface area contributed by atoms with Crippen molar-refractivity contribution in [2.45, 2.75) is 47.5 Å². The maximum Gasteiger partial charge on any atom is 0.155 e. The van der Waals surface area contributed by atoms with Gasteiger partial charge in [0.2, 0.25) is 0 Å². The van der Waals surface area contributed by atoms with Crippen LogP contribution in [0.4, 0.5) is 0 Å². The fourth-order valence-corrected chi connectivity index (χ4v) is 1.29. The predicted octanol–water partition coefficient (Wildman–Crippen LogP) is 5.02. The summed E-state index contributed by atoms with van der Waals surface area (Å²) in [5, 5.41) is 0. The summed E-state index contributed by atoms with van der Waals surface area (Å²) in [7, 11) is 0. The highest BCUT2D eigenvalue weighted by Gasteiger charge is 1.95. The lowest BCUT2D eigenvalue weighted by Gasteiger charge is -1.95. The summed E-state index contributed by atoms with van der Waals surface area (Å²) in [6.45, 7) is 10.3. The maximum absolute atomic E-state index is 11.5. The number of ketones is 1. The van der Waals surface area contributed by atoms with Crippen molar-refractivity contribution in [1.29, 1.82) is 0 Å². The monoisotopic (exact) mass is 246 g/mol. The topological polar surface area (TPSA) is 17.1 Å². The Kier molecular flexibility index (Phi) is 8.91. The molecule has 0 N–H and O–H groups in total. The number of hydrogen-bond acceptors (Lipinski definition) is 1. The molecule has 0 saturated carbocycles. The average Bonchev–Trinajstić information content (AvgIpc) is 2.25. The van der Waals surface area contributed by atoms with Crippen LogP contribution in [0.3, 0.4) is 0 Å². The fourth-order valence-electron chi connectivity index (χ4n) is 1.29. The van der Waals surface area contributed by atoms with Crippen molar-refractivity contribution in [3.05, 3.63) is 47.6 Å². The van der Waals surface area contributed by atoms with Crippen LogP contribution < -0.4 is 0 Å². The van der Waals surface area contributed by atoms with E-state index in [1.165, 1.54) is 11.1 Å². The van der Waals surface area contributed by atoms with Crippen LogP contribution in [0, 0.1) is 5.92 Å². The van der Waals surface area contributed by atoms with Gasteiger partial charge in [0.05, 0.1) is 0 Å². The first-order valence-corrected chi connectivity index (χ1v) is 6.61. The van der Waals surface area contributed by atoms with Gasteiger partial charge in [0.15, 0.2) is 5.78 Å². The zero-order valence-electron chi connectivity index (χ0n) is 12.4. The second-order valence-corrected chi connectivity index (χ2v) is 5.16. The minimum atomic E-state index is 0.209. The molecule has 0 atom stereocenters. The normalized spacial score (nSPS) is 12.7. The van der Waals surface area contributed by atoms with Gasteiger partial charge in [-0.2, -0.15) is 0 Å². The molecular formula is C17H26O. The predicted molar refractivity (Wildman–Crippen MR) is 80.5 cm³/mol. The average molecular weight is 246 g/mol. The van der Waals surface area contributed by atoms with E-state index < -0.39 is 0 Å². The molecule has 1 nitrogen and oxygen atoms in total. The molecule has 0 aliphatic carbocycles. The van der Waals surface area contributed by atoms with Gasteiger partial charge in [0, 0.05) is 6.42 Å². The highest BCUT2D eigenvalue weighted by atomic mass is 16.1. The molecule has 0 bridgehead atoms. The van der Waals surface area contributed by atoms with Crippen molar-refractivity contribution >= 4 is 5.78 Å². The van der Waals surface area contributed by atoms with Crippen molar-refractivity contribution in [3.63, 3.8) is 0 Å². The molecule has 0 amide bonds. The first-order valence-electron chi connectivity index (χ1n) is 6.61. The van der Waals surface area contributed by atoms with Gasteiger partial charge in [-0.25, -0.2) is 0 Å². The Bertz CT molecular complexity index is 361. The van der Waals surface area contributed by atoms with Gasteiger partial charge in [-0.1, -0.05) is 55.4 Å². The third kappa shape index (κ3) is 11.1. The summed E-state index contributed by atoms with van der Waals surface area (Å²) >= 11 is 0. The van der Waals surface area contributed by atoms with Crippen molar-refractivity contribution < 1.29 is 4.79 Å². The quantitative estimate of drug-likeness (QED) is 0.455. The molecule has 0 unspecified atom stereocenters. The molecule has 18 heavy (non-hydrogen) atoms. The lowest BCUT2D eigenvalue weighted by atomic mass is 10.1. The van der Waals surface area contributed by atoms with Crippen LogP contribution >= 0.6 is 0 Å². The number of rotatable bonds is 7. The summed E-state index contributed by atoms with van der Waals surface area (Å²) in [4.78, 5) is 11.5. The standard InChI is InChI=1S/C17H26O/c1-14(2)8-6-9-16(5)10-7-11-17(18)13-12-15(3)4/h6,8-10,12-13,15H,7,11H2,1-5H3/b9-6?,13-12-,16-10?. The molecule has 0 aliphatic rings. The van der Waals surface area contributed by atoms with Crippen LogP contribution in [0.25, 0.3) is 0 Å². The summed E-state index contributed by atoms with van der Waals surface area (Å²) in [6, 6.07) is 0. The molecular weight excluding hydrogens is 220 g/mol. The van der Waals surface area contributed by atoms with Gasteiger partial charge in [0.1, 0.15) is 0 Å². The third-order valence-electron chi connectivity index (χ3n) is 2.31. The summed E-state index contributed by atoms with van der Waals surface area (Å²) in [6.07, 6.45) is 13.4. The lowest BCUT2D eigenvalue weighted by molar-refractivity contribution is -0.114. The Balaban J connectivity index is 4.05. The largest absolute Gasteiger partial charge is 0.295 e. The Hall–Kier alpha value is -1.37. The van der Waals surface area contributed by atoms with Crippen molar-refractivity contribution in [2.75, 3.05) is 0 Å². The molecule has 0 spiro atoms. The smallest absolute Gasteiger partial charge is 0.155 e. The first kappa shape index (κ1) is 16.6. The van der Waals surface area contributed by atoms with Gasteiger partial charge in [0.25, 0.3) is 0 Å². The molecule has 0 aromatic heterocycles. The fraction of sp³-hybridized carbons (Fsp3) is 0.471. The van der Waals surface area contributed by atoms with E-state index in [4.69, 9.17) is 0 Å². The summed E-state index contributed by atoms with van der Waals surface area (Å²) < 4.78 is 0. The van der Waals surface area contributed by atoms with Gasteiger partial charge >= 0.3 is 0 Å². The third-order valence-corrected chi connectivity index (χ3v) is 2.31. The minimum Gasteiger partial charge on any atom is -0.295 e. The molecule has 0 fully saturated rings. The first-order chi connectivity index (χ1) is 8.41. The number of hydrogen-bond donors (Lipinski definition) is 0. The highest BCUT2D eigenvalue weighted by Crippen LogP contribution is 2.03. The number of carbonyl (C=O) groups is 1. The van der Waals surface area contributed by atoms with Crippen LogP contribution in [0.1, 0.15) is 47.5 Å². The van der Waals surface area contributed by atoms with E-state index in [0.29, 0.717) is 12.3 Å². The van der Waals surface area contributed by atoms with Crippen molar-refractivity contribution in [2.24, 2.45) is 5.92 Å². The Labute approximate surface area is 112 Å². The van der Waals surface area contributed by atoms with Crippen LogP contribution in [0.5, 0.6) is 0 Å². The second kappa shape index (κ2) is 9.64. The van der Waals surface area contributed by atoms with Crippen LogP contribution in [0.15, 0.2) is 47.6 Å². The molecule has 0 aliphatic heterocycles. The maximum atomic E-state index is 11.5. The molecule has 0 aromatic rings. The van der Waals surface area contributed by atoms with E-state index >= 15 is 0 Å². The van der Waals surface area contributed by atoms with Gasteiger partial charge < -0.3 is 0 Å². The van der Waals surface area contributed by atoms with Crippen LogP contribution in [-0.2, 0) is 4.79 Å². The van der Waals surface area contributed by atoms with E-state index in [9.17, 15) is 4.79 Å². The van der Waals surface area contributed by atoms with E-state index in [0.717, 1.165) is 6.42 Å². The highest BCUT2D eigenvalue weighted by molar-refractivity contribution is 5.89. The van der Waals surface area contributed by atoms with Gasteiger partial charge in [-0.15, -0.1) is 0 Å². The van der Waals surface area contributed by atoms with E-state index in [2.05, 4.69) is 52.8 Å². The Morgan fingerprint density at radius 1 is 1.11 bits per heavy atom. The van der Waals surface area contributed by atoms with E-state index in [1.807, 2.05) is 12.2 Å². The minimum absolute atomic E-state index is 0.209. The van der Waals surface area contributed by atoms with Crippen molar-refractivity contribution in [3.8, 4) is 0 Å². The number of allylic oxidation sites excluding steroid dienone is 8. The van der Waals surface area contributed by atoms with Gasteiger partial charge in [-0.05, 0) is 39.2 Å². The molecule has 0 heterocycles. The molecule has 0 aromatic carbocycles. The van der Waals surface area contributed by atoms with Crippen LogP contribution in [0.2, 0.25) is 0 Å². The molecule has 100 valence electrons. The molecule has 0 rings (SSSR count). The Morgan fingerprint density at radius 3 is 2.33 bits per heavy atom. The van der Waals surface area contributed by atoms with E-state index in [-0.39, 0.29) is 5.78 Å². The zero-order chi connectivity index (χ0) is 14.0. The zero-order valence-corrected chi connectivity index (χ0v) is 12.4. The van der Waals surface area contributed by atoms with Crippen LogP contribution in [-0.4, -0.2) is 5.78 Å². The SMILES string of the molecule is CC(C)=CC=CC(C)=CCCC(=O)/C=C\C(C)C. The van der Waals surface area contributed by atoms with Gasteiger partial charge in [-0.3, -0.25) is 4.79 Å². The Morgan fingerprint density at radius 2 is 1.78 bits per heavy atom. The summed E-state index contributed by atoms with van der Waals surface area (Å²) in [5.41, 5.74) is 2.49. The lowest BCUT2D eigenvalue weighted by Crippen LogP contribution is -1.92. The molecule has 0 saturated heterocycles. The number of carbonyl (C=O) groups excluding carboxylic acids is 1. The van der Waals surface area contributed by atoms with Crippen molar-refractivity contribution in [1.82, 2.24) is 0 Å². The van der Waals surface area contributed by atoms with E-state index in [1.54, 1.807) is 6.08 Å². The summed E-state index contributed by atoms with van der Waals surface area (Å²) in [5.74, 6) is 0.652. The second-order valence-electron chi connectivity index (χ2n) is 5.16. The molecule has 0 radical (unpaired) electrons. The molecule has 1 heteroatoms.